The molecule has 4 aromatic rings. The van der Waals surface area contributed by atoms with Crippen LogP contribution < -0.4 is 21.2 Å². The van der Waals surface area contributed by atoms with E-state index in [-0.39, 0.29) is 14.9 Å². The highest BCUT2D eigenvalue weighted by Gasteiger charge is 2.28. The summed E-state index contributed by atoms with van der Waals surface area (Å²) in [5, 5.41) is 3.57. The molecule has 36 heavy (non-hydrogen) atoms. The molecule has 0 spiro atoms. The molecule has 0 heterocycles. The van der Waals surface area contributed by atoms with Crippen molar-refractivity contribution in [2.24, 2.45) is 0 Å². The van der Waals surface area contributed by atoms with Gasteiger partial charge in [0.1, 0.15) is 7.14 Å². The van der Waals surface area contributed by atoms with Gasteiger partial charge in [0.15, 0.2) is 7.14 Å². The van der Waals surface area contributed by atoms with Gasteiger partial charge in [-0.25, -0.2) is 0 Å². The van der Waals surface area contributed by atoms with Gasteiger partial charge in [0.05, 0.1) is 0 Å². The quantitative estimate of drug-likeness (QED) is 0.251. The van der Waals surface area contributed by atoms with Crippen molar-refractivity contribution in [3.8, 4) is 0 Å². The molecule has 0 radical (unpaired) electrons. The molecule has 0 aliphatic rings. The molecule has 0 aromatic heterocycles. The Morgan fingerprint density at radius 2 is 0.583 bits per heavy atom. The molecule has 0 saturated heterocycles. The smallest absolute Gasteiger partial charge is 0.171 e. The zero-order valence-corrected chi connectivity index (χ0v) is 23.0. The van der Waals surface area contributed by atoms with Gasteiger partial charge in [0, 0.05) is 21.2 Å². The van der Waals surface area contributed by atoms with E-state index in [9.17, 15) is 9.13 Å². The van der Waals surface area contributed by atoms with E-state index in [1.807, 2.05) is 149 Å². The fraction of sp³-hybridized carbons (Fsp3) is 0.250. The lowest BCUT2D eigenvalue weighted by molar-refractivity contribution is 0.588. The minimum Gasteiger partial charge on any atom is -0.319 e. The molecule has 0 bridgehead atoms. The molecule has 0 aliphatic carbocycles. The van der Waals surface area contributed by atoms with Crippen LogP contribution in [0.2, 0.25) is 0 Å². The molecule has 0 fully saturated rings. The fourth-order valence-corrected chi connectivity index (χ4v) is 6.71. The molecular weight excluding hydrogens is 478 g/mol. The van der Waals surface area contributed by atoms with Crippen molar-refractivity contribution in [3.63, 3.8) is 0 Å². The van der Waals surface area contributed by atoms with Gasteiger partial charge >= 0.3 is 0 Å². The standard InChI is InChI=1S/C18H15OP.C8H11OP.2C2H6.2CH4/c19-20(16-10-4-1-5-11-16,17-12-6-2-7-13-17)18-14-8-3-9-15-18;1-10(2,9)8-6-4-3-5-7-8;2*1-2;;/h1-15H;3-7H,1-2H3;2*1-2H3;2*1H4. The van der Waals surface area contributed by atoms with Crippen LogP contribution in [0.1, 0.15) is 42.5 Å². The Morgan fingerprint density at radius 3 is 0.750 bits per heavy atom. The maximum Gasteiger partial charge on any atom is 0.171 e. The van der Waals surface area contributed by atoms with Crippen molar-refractivity contribution in [3.05, 3.63) is 121 Å². The largest absolute Gasteiger partial charge is 0.319 e. The van der Waals surface area contributed by atoms with E-state index in [4.69, 9.17) is 0 Å². The number of benzene rings is 4. The van der Waals surface area contributed by atoms with Crippen LogP contribution in [-0.4, -0.2) is 13.3 Å². The third kappa shape index (κ3) is 10.1. The van der Waals surface area contributed by atoms with E-state index in [2.05, 4.69) is 0 Å². The van der Waals surface area contributed by atoms with Crippen LogP contribution in [0.5, 0.6) is 0 Å². The second kappa shape index (κ2) is 18.6. The predicted molar refractivity (Wildman–Crippen MR) is 168 cm³/mol. The summed E-state index contributed by atoms with van der Waals surface area (Å²) in [5.74, 6) is 0. The Kier molecular flexibility index (Phi) is 18.3. The summed E-state index contributed by atoms with van der Waals surface area (Å²) < 4.78 is 25.2. The SMILES string of the molecule is C.C.CC.CC.CP(C)(=O)c1ccccc1.O=P(c1ccccc1)(c1ccccc1)c1ccccc1. The topological polar surface area (TPSA) is 34.1 Å². The minimum atomic E-state index is -2.78. The van der Waals surface area contributed by atoms with E-state index in [0.717, 1.165) is 21.2 Å². The Balaban J connectivity index is 0. The molecule has 0 atom stereocenters. The highest BCUT2D eigenvalue weighted by atomic mass is 31.2. The van der Waals surface area contributed by atoms with E-state index >= 15 is 0 Å². The van der Waals surface area contributed by atoms with Gasteiger partial charge in [0.2, 0.25) is 0 Å². The molecule has 196 valence electrons. The summed E-state index contributed by atoms with van der Waals surface area (Å²) in [6.45, 7) is 11.6. The first kappa shape index (κ1) is 35.5. The Bertz CT molecular complexity index is 1030. The molecule has 0 amide bonds. The van der Waals surface area contributed by atoms with Crippen molar-refractivity contribution in [2.75, 3.05) is 13.3 Å². The predicted octanol–water partition coefficient (Wildman–Crippen LogP) is 8.59. The molecule has 4 heteroatoms. The minimum absolute atomic E-state index is 0. The van der Waals surface area contributed by atoms with Crippen molar-refractivity contribution in [2.45, 2.75) is 42.5 Å². The maximum absolute atomic E-state index is 13.8. The lowest BCUT2D eigenvalue weighted by Crippen LogP contribution is -2.24. The van der Waals surface area contributed by atoms with E-state index in [1.54, 1.807) is 13.3 Å². The lowest BCUT2D eigenvalue weighted by Gasteiger charge is -2.19. The first-order valence-electron chi connectivity index (χ1n) is 11.8. The molecule has 4 rings (SSSR count). The molecule has 0 saturated carbocycles. The fourth-order valence-electron chi connectivity index (χ4n) is 3.15. The van der Waals surface area contributed by atoms with Crippen LogP contribution in [0.25, 0.3) is 0 Å². The molecule has 4 aromatic carbocycles. The van der Waals surface area contributed by atoms with Gasteiger partial charge in [-0.05, 0) is 13.3 Å². The average Bonchev–Trinajstić information content (AvgIpc) is 2.92. The van der Waals surface area contributed by atoms with Crippen LogP contribution in [0.3, 0.4) is 0 Å². The second-order valence-corrected chi connectivity index (χ2v) is 13.3. The molecule has 0 N–H and O–H groups in total. The van der Waals surface area contributed by atoms with Gasteiger partial charge in [-0.2, -0.15) is 0 Å². The van der Waals surface area contributed by atoms with Crippen molar-refractivity contribution < 1.29 is 9.13 Å². The Labute approximate surface area is 221 Å². The summed E-state index contributed by atoms with van der Waals surface area (Å²) >= 11 is 0. The van der Waals surface area contributed by atoms with E-state index in [0.29, 0.717) is 0 Å². The van der Waals surface area contributed by atoms with Crippen LogP contribution in [0.4, 0.5) is 0 Å². The first-order valence-corrected chi connectivity index (χ1v) is 16.1. The summed E-state index contributed by atoms with van der Waals surface area (Å²) in [6.07, 6.45) is 0. The number of rotatable bonds is 4. The van der Waals surface area contributed by atoms with E-state index < -0.39 is 14.3 Å². The van der Waals surface area contributed by atoms with Gasteiger partial charge in [-0.1, -0.05) is 164 Å². The van der Waals surface area contributed by atoms with Crippen LogP contribution >= 0.6 is 14.3 Å². The molecule has 2 nitrogen and oxygen atoms in total. The third-order valence-corrected chi connectivity index (χ3v) is 9.36. The zero-order chi connectivity index (χ0) is 25.5. The van der Waals surface area contributed by atoms with Crippen molar-refractivity contribution >= 4 is 35.5 Å². The van der Waals surface area contributed by atoms with E-state index in [1.165, 1.54) is 0 Å². The van der Waals surface area contributed by atoms with Crippen LogP contribution in [0, 0.1) is 0 Å². The lowest BCUT2D eigenvalue weighted by atomic mass is 10.4. The van der Waals surface area contributed by atoms with Crippen molar-refractivity contribution in [1.29, 1.82) is 0 Å². The van der Waals surface area contributed by atoms with Gasteiger partial charge < -0.3 is 9.13 Å². The maximum atomic E-state index is 13.8. The third-order valence-electron chi connectivity index (χ3n) is 4.74. The average molecular weight is 525 g/mol. The zero-order valence-electron chi connectivity index (χ0n) is 21.3. The monoisotopic (exact) mass is 524 g/mol. The van der Waals surface area contributed by atoms with Crippen LogP contribution in [0.15, 0.2) is 121 Å². The number of hydrogen-bond acceptors (Lipinski definition) is 2. The van der Waals surface area contributed by atoms with Crippen LogP contribution in [-0.2, 0) is 9.13 Å². The molecule has 0 unspecified atom stereocenters. The summed E-state index contributed by atoms with van der Waals surface area (Å²) in [7, 11) is -4.79. The van der Waals surface area contributed by atoms with Crippen molar-refractivity contribution in [1.82, 2.24) is 0 Å². The van der Waals surface area contributed by atoms with Gasteiger partial charge in [-0.3, -0.25) is 0 Å². The molecular formula is C32H46O2P2. The molecule has 0 aliphatic heterocycles. The highest BCUT2D eigenvalue weighted by molar-refractivity contribution is 7.85. The normalized spacial score (nSPS) is 9.72. The number of hydrogen-bond donors (Lipinski definition) is 0. The Hall–Kier alpha value is -2.66. The summed E-state index contributed by atoms with van der Waals surface area (Å²) in [4.78, 5) is 0. The van der Waals surface area contributed by atoms with Gasteiger partial charge in [-0.15, -0.1) is 0 Å². The van der Waals surface area contributed by atoms with Gasteiger partial charge in [0.25, 0.3) is 0 Å². The highest BCUT2D eigenvalue weighted by Crippen LogP contribution is 2.41. The first-order chi connectivity index (χ1) is 16.4. The second-order valence-electron chi connectivity index (χ2n) is 7.30. The summed E-state index contributed by atoms with van der Waals surface area (Å²) in [5.41, 5.74) is 0. The summed E-state index contributed by atoms with van der Waals surface area (Å²) in [6, 6.07) is 38.7. The Morgan fingerprint density at radius 1 is 0.389 bits per heavy atom.